The zero-order chi connectivity index (χ0) is 20.7. The Morgan fingerprint density at radius 3 is 2.83 bits per heavy atom. The van der Waals surface area contributed by atoms with Crippen molar-refractivity contribution in [2.24, 2.45) is 0 Å². The third kappa shape index (κ3) is 3.02. The third-order valence-corrected chi connectivity index (χ3v) is 4.56. The lowest BCUT2D eigenvalue weighted by molar-refractivity contribution is 0.102. The van der Waals surface area contributed by atoms with Gasteiger partial charge in [0, 0.05) is 18.8 Å². The topological polar surface area (TPSA) is 118 Å². The molecule has 9 heteroatoms. The number of rotatable bonds is 4. The van der Waals surface area contributed by atoms with Gasteiger partial charge in [0.1, 0.15) is 22.5 Å². The van der Waals surface area contributed by atoms with Crippen molar-refractivity contribution in [3.63, 3.8) is 0 Å². The molecule has 0 saturated heterocycles. The highest BCUT2D eigenvalue weighted by Gasteiger charge is 2.18. The minimum absolute atomic E-state index is 0.0199. The van der Waals surface area contributed by atoms with E-state index in [9.17, 15) is 9.59 Å². The van der Waals surface area contributed by atoms with Gasteiger partial charge < -0.3 is 14.4 Å². The van der Waals surface area contributed by atoms with Gasteiger partial charge in [0.25, 0.3) is 11.5 Å². The number of hydrogen-bond acceptors (Lipinski definition) is 6. The molecule has 0 aromatic carbocycles. The van der Waals surface area contributed by atoms with Gasteiger partial charge in [-0.15, -0.1) is 6.58 Å². The monoisotopic (exact) mass is 390 g/mol. The number of aryl methyl sites for hydroxylation is 2. The normalized spacial score (nSPS) is 11.1. The van der Waals surface area contributed by atoms with Crippen molar-refractivity contribution >= 4 is 28.4 Å². The average molecular weight is 390 g/mol. The van der Waals surface area contributed by atoms with Crippen molar-refractivity contribution in [1.29, 1.82) is 5.41 Å². The van der Waals surface area contributed by atoms with Gasteiger partial charge in [-0.3, -0.25) is 19.4 Å². The van der Waals surface area contributed by atoms with Gasteiger partial charge in [0.15, 0.2) is 5.82 Å². The molecule has 1 amide bonds. The third-order valence-electron chi connectivity index (χ3n) is 4.56. The maximum Gasteiger partial charge on any atom is 0.267 e. The quantitative estimate of drug-likeness (QED) is 0.409. The van der Waals surface area contributed by atoms with Crippen LogP contribution in [0.1, 0.15) is 21.7 Å². The zero-order valence-corrected chi connectivity index (χ0v) is 15.9. The van der Waals surface area contributed by atoms with E-state index in [4.69, 9.17) is 9.93 Å². The lowest BCUT2D eigenvalue weighted by Crippen LogP contribution is -2.32. The summed E-state index contributed by atoms with van der Waals surface area (Å²) in [5.41, 5.74) is 1.26. The lowest BCUT2D eigenvalue weighted by atomic mass is 10.2. The van der Waals surface area contributed by atoms with Crippen molar-refractivity contribution in [3.05, 3.63) is 75.8 Å². The Morgan fingerprint density at radius 2 is 2.14 bits per heavy atom. The second-order valence-corrected chi connectivity index (χ2v) is 6.62. The summed E-state index contributed by atoms with van der Waals surface area (Å²) >= 11 is 0. The molecule has 0 aliphatic rings. The molecule has 0 aliphatic heterocycles. The van der Waals surface area contributed by atoms with Crippen LogP contribution in [0.2, 0.25) is 0 Å². The van der Waals surface area contributed by atoms with E-state index in [0.29, 0.717) is 17.1 Å². The van der Waals surface area contributed by atoms with Gasteiger partial charge in [-0.1, -0.05) is 17.3 Å². The number of fused-ring (bicyclic) bond motifs is 2. The van der Waals surface area contributed by atoms with Crippen LogP contribution in [0.15, 0.2) is 52.4 Å². The predicted molar refractivity (Wildman–Crippen MR) is 107 cm³/mol. The molecule has 4 heterocycles. The van der Waals surface area contributed by atoms with Gasteiger partial charge >= 0.3 is 0 Å². The van der Waals surface area contributed by atoms with Crippen molar-refractivity contribution < 1.29 is 9.32 Å². The molecular weight excluding hydrogens is 372 g/mol. The van der Waals surface area contributed by atoms with Crippen LogP contribution < -0.4 is 16.4 Å². The van der Waals surface area contributed by atoms with Crippen molar-refractivity contribution in [2.45, 2.75) is 20.4 Å². The first-order valence-electron chi connectivity index (χ1n) is 8.86. The van der Waals surface area contributed by atoms with E-state index in [1.807, 2.05) is 13.0 Å². The summed E-state index contributed by atoms with van der Waals surface area (Å²) in [5.74, 6) is 0.193. The van der Waals surface area contributed by atoms with E-state index in [1.54, 1.807) is 31.3 Å². The van der Waals surface area contributed by atoms with Crippen LogP contribution >= 0.6 is 0 Å². The van der Waals surface area contributed by atoms with Crippen molar-refractivity contribution in [3.8, 4) is 0 Å². The fourth-order valence-electron chi connectivity index (χ4n) is 3.19. The Labute approximate surface area is 164 Å². The number of carbonyl (C=O) groups excluding carboxylic acids is 1. The first-order chi connectivity index (χ1) is 13.9. The molecule has 0 fully saturated rings. The van der Waals surface area contributed by atoms with E-state index < -0.39 is 5.91 Å². The van der Waals surface area contributed by atoms with Gasteiger partial charge in [-0.2, -0.15) is 0 Å². The van der Waals surface area contributed by atoms with Crippen LogP contribution in [0, 0.1) is 19.3 Å². The zero-order valence-electron chi connectivity index (χ0n) is 15.9. The Morgan fingerprint density at radius 1 is 1.34 bits per heavy atom. The van der Waals surface area contributed by atoms with E-state index in [1.165, 1.54) is 15.0 Å². The maximum absolute atomic E-state index is 13.1. The van der Waals surface area contributed by atoms with Gasteiger partial charge in [-0.25, -0.2) is 4.98 Å². The number of hydrogen-bond donors (Lipinski definition) is 2. The highest BCUT2D eigenvalue weighted by atomic mass is 16.5. The van der Waals surface area contributed by atoms with Crippen LogP contribution in [0.4, 0.5) is 5.82 Å². The summed E-state index contributed by atoms with van der Waals surface area (Å²) in [6.45, 7) is 7.49. The molecule has 9 nitrogen and oxygen atoms in total. The molecule has 0 aliphatic carbocycles. The number of nitrogens with one attached hydrogen (secondary N) is 2. The average Bonchev–Trinajstić information content (AvgIpc) is 3.09. The maximum atomic E-state index is 13.1. The lowest BCUT2D eigenvalue weighted by Gasteiger charge is -2.13. The van der Waals surface area contributed by atoms with E-state index in [2.05, 4.69) is 22.0 Å². The van der Waals surface area contributed by atoms with Crippen LogP contribution in [0.3, 0.4) is 0 Å². The minimum atomic E-state index is -0.572. The fraction of sp³-hybridized carbons (Fsp3) is 0.150. The molecule has 0 spiro atoms. The summed E-state index contributed by atoms with van der Waals surface area (Å²) in [6.07, 6.45) is 3.21. The van der Waals surface area contributed by atoms with Gasteiger partial charge in [-0.05, 0) is 31.5 Å². The molecule has 0 bridgehead atoms. The van der Waals surface area contributed by atoms with Crippen LogP contribution in [-0.4, -0.2) is 25.0 Å². The highest BCUT2D eigenvalue weighted by molar-refractivity contribution is 6.05. The fourth-order valence-corrected chi connectivity index (χ4v) is 3.19. The highest BCUT2D eigenvalue weighted by Crippen LogP contribution is 2.14. The Hall–Kier alpha value is -4.01. The molecular formula is C20H18N6O3. The van der Waals surface area contributed by atoms with Crippen molar-refractivity contribution in [1.82, 2.24) is 19.1 Å². The molecule has 0 saturated carbocycles. The summed E-state index contributed by atoms with van der Waals surface area (Å²) in [5, 5.41) is 15.1. The van der Waals surface area contributed by atoms with E-state index in [0.717, 1.165) is 5.56 Å². The molecule has 0 unspecified atom stereocenters. The van der Waals surface area contributed by atoms with Crippen LogP contribution in [-0.2, 0) is 6.54 Å². The molecule has 29 heavy (non-hydrogen) atoms. The predicted octanol–water partition coefficient (Wildman–Crippen LogP) is 2.17. The van der Waals surface area contributed by atoms with Gasteiger partial charge in [0.2, 0.25) is 0 Å². The Kier molecular flexibility index (Phi) is 4.34. The Bertz CT molecular complexity index is 1410. The number of allylic oxidation sites excluding steroid dienone is 1. The van der Waals surface area contributed by atoms with Crippen LogP contribution in [0.5, 0.6) is 0 Å². The second kappa shape index (κ2) is 6.86. The number of amides is 1. The smallest absolute Gasteiger partial charge is 0.267 e. The number of nitrogens with zero attached hydrogens (tertiary/aromatic N) is 4. The standard InChI is InChI=1S/C20H18N6O3/c1-4-7-25-16(21)13(19(27)22-15-9-12(3)29-24-15)10-14-18(25)23-17-11(2)6-5-8-26(17)20(14)28/h4-6,8-10,21H,1,7H2,2-3H3,(H,22,24,27). The number of aromatic nitrogens is 4. The summed E-state index contributed by atoms with van der Waals surface area (Å²) in [7, 11) is 0. The van der Waals surface area contributed by atoms with Gasteiger partial charge in [0.05, 0.1) is 10.9 Å². The molecule has 2 N–H and O–H groups in total. The first kappa shape index (κ1) is 18.4. The first-order valence-corrected chi connectivity index (χ1v) is 8.86. The summed E-state index contributed by atoms with van der Waals surface area (Å²) < 4.78 is 7.87. The summed E-state index contributed by atoms with van der Waals surface area (Å²) in [4.78, 5) is 30.5. The van der Waals surface area contributed by atoms with Crippen molar-refractivity contribution in [2.75, 3.05) is 5.32 Å². The SMILES string of the molecule is C=CCn1c(=N)c(C(=O)Nc2cc(C)on2)cc2c(=O)n3cccc(C)c3nc21. The van der Waals surface area contributed by atoms with Crippen LogP contribution in [0.25, 0.3) is 16.7 Å². The molecule has 4 aromatic heterocycles. The van der Waals surface area contributed by atoms with E-state index >= 15 is 0 Å². The molecule has 0 radical (unpaired) electrons. The molecule has 0 atom stereocenters. The molecule has 4 aromatic rings. The molecule has 4 rings (SSSR count). The largest absolute Gasteiger partial charge is 0.360 e. The number of anilines is 1. The summed E-state index contributed by atoms with van der Waals surface area (Å²) in [6, 6.07) is 6.57. The minimum Gasteiger partial charge on any atom is -0.360 e. The second-order valence-electron chi connectivity index (χ2n) is 6.62. The number of pyridine rings is 2. The van der Waals surface area contributed by atoms with E-state index in [-0.39, 0.29) is 34.4 Å². The molecule has 146 valence electrons. The Balaban J connectivity index is 2.00. The number of carbonyl (C=O) groups is 1.